The van der Waals surface area contributed by atoms with E-state index in [1.54, 1.807) is 24.4 Å². The summed E-state index contributed by atoms with van der Waals surface area (Å²) in [6, 6.07) is 6.25. The molecule has 0 aromatic carbocycles. The third-order valence-corrected chi connectivity index (χ3v) is 2.22. The predicted octanol–water partition coefficient (Wildman–Crippen LogP) is 1.28. The standard InChI is InChI=1S/C11H10F3N3O2/c12-11(13,14)7-19-15-6-8-5-10(18)17-4-2-1-3-9(17)16-8/h1-5,15H,6-7H2. The van der Waals surface area contributed by atoms with Crippen molar-refractivity contribution in [2.45, 2.75) is 12.7 Å². The highest BCUT2D eigenvalue weighted by molar-refractivity contribution is 5.37. The SMILES string of the molecule is O=c1cc(CNOCC(F)(F)F)nc2ccccn12. The van der Waals surface area contributed by atoms with E-state index >= 15 is 0 Å². The molecule has 0 atom stereocenters. The van der Waals surface area contributed by atoms with Crippen molar-refractivity contribution in [2.75, 3.05) is 6.61 Å². The van der Waals surface area contributed by atoms with Gasteiger partial charge < -0.3 is 0 Å². The Kier molecular flexibility index (Phi) is 3.82. The van der Waals surface area contributed by atoms with Crippen molar-refractivity contribution in [3.05, 3.63) is 46.5 Å². The molecule has 1 N–H and O–H groups in total. The molecule has 2 aromatic rings. The second kappa shape index (κ2) is 5.37. The van der Waals surface area contributed by atoms with Crippen molar-refractivity contribution >= 4 is 5.65 Å². The quantitative estimate of drug-likeness (QED) is 0.673. The van der Waals surface area contributed by atoms with Gasteiger partial charge in [0.1, 0.15) is 5.65 Å². The first kappa shape index (κ1) is 13.5. The lowest BCUT2D eigenvalue weighted by Gasteiger charge is -2.08. The molecular weight excluding hydrogens is 263 g/mol. The number of alkyl halides is 3. The van der Waals surface area contributed by atoms with Crippen LogP contribution in [0.3, 0.4) is 0 Å². The molecule has 19 heavy (non-hydrogen) atoms. The van der Waals surface area contributed by atoms with Crippen molar-refractivity contribution in [3.63, 3.8) is 0 Å². The fourth-order valence-electron chi connectivity index (χ4n) is 1.45. The lowest BCUT2D eigenvalue weighted by molar-refractivity contribution is -0.190. The van der Waals surface area contributed by atoms with E-state index in [2.05, 4.69) is 15.3 Å². The van der Waals surface area contributed by atoms with Crippen LogP contribution in [0.4, 0.5) is 13.2 Å². The maximum absolute atomic E-state index is 11.8. The van der Waals surface area contributed by atoms with E-state index in [-0.39, 0.29) is 12.1 Å². The van der Waals surface area contributed by atoms with E-state index in [9.17, 15) is 18.0 Å². The average molecular weight is 273 g/mol. The van der Waals surface area contributed by atoms with Crippen molar-refractivity contribution in [2.24, 2.45) is 0 Å². The van der Waals surface area contributed by atoms with Crippen molar-refractivity contribution in [1.29, 1.82) is 0 Å². The van der Waals surface area contributed by atoms with Crippen molar-refractivity contribution < 1.29 is 18.0 Å². The molecule has 8 heteroatoms. The minimum atomic E-state index is -4.40. The summed E-state index contributed by atoms with van der Waals surface area (Å²) in [6.45, 7) is -1.49. The minimum absolute atomic E-state index is 0.0866. The number of hydrogen-bond donors (Lipinski definition) is 1. The van der Waals surface area contributed by atoms with Crippen LogP contribution >= 0.6 is 0 Å². The molecule has 102 valence electrons. The van der Waals surface area contributed by atoms with Crippen LogP contribution in [0.15, 0.2) is 35.3 Å². The van der Waals surface area contributed by atoms with Gasteiger partial charge in [0.15, 0.2) is 6.61 Å². The smallest absolute Gasteiger partial charge is 0.292 e. The van der Waals surface area contributed by atoms with Gasteiger partial charge in [-0.25, -0.2) is 4.98 Å². The third-order valence-electron chi connectivity index (χ3n) is 2.22. The molecule has 0 amide bonds. The fourth-order valence-corrected chi connectivity index (χ4v) is 1.45. The number of hydrogen-bond acceptors (Lipinski definition) is 4. The number of nitrogens with one attached hydrogen (secondary N) is 1. The third kappa shape index (κ3) is 3.76. The van der Waals surface area contributed by atoms with Crippen molar-refractivity contribution in [3.8, 4) is 0 Å². The Bertz CT molecular complexity index is 624. The molecule has 0 bridgehead atoms. The summed E-state index contributed by atoms with van der Waals surface area (Å²) in [5, 5.41) is 0. The Balaban J connectivity index is 2.04. The van der Waals surface area contributed by atoms with E-state index in [1.165, 1.54) is 10.5 Å². The number of nitrogens with zero attached hydrogens (tertiary/aromatic N) is 2. The van der Waals surface area contributed by atoms with E-state index in [0.717, 1.165) is 0 Å². The highest BCUT2D eigenvalue weighted by Crippen LogP contribution is 2.13. The van der Waals surface area contributed by atoms with Gasteiger partial charge in [0.2, 0.25) is 0 Å². The molecule has 0 fully saturated rings. The zero-order valence-corrected chi connectivity index (χ0v) is 9.65. The van der Waals surface area contributed by atoms with Crippen LogP contribution < -0.4 is 11.0 Å². The Hall–Kier alpha value is -1.93. The number of aromatic nitrogens is 2. The zero-order valence-electron chi connectivity index (χ0n) is 9.65. The molecule has 2 aromatic heterocycles. The first-order chi connectivity index (χ1) is 8.96. The Morgan fingerprint density at radius 2 is 2.16 bits per heavy atom. The number of fused-ring (bicyclic) bond motifs is 1. The molecule has 0 radical (unpaired) electrons. The summed E-state index contributed by atoms with van der Waals surface area (Å²) < 4.78 is 36.8. The topological polar surface area (TPSA) is 55.6 Å². The second-order valence-electron chi connectivity index (χ2n) is 3.74. The van der Waals surface area contributed by atoms with E-state index in [1.807, 2.05) is 0 Å². The largest absolute Gasteiger partial charge is 0.413 e. The van der Waals surface area contributed by atoms with Crippen LogP contribution in [0.25, 0.3) is 5.65 Å². The zero-order chi connectivity index (χ0) is 13.9. The van der Waals surface area contributed by atoms with Crippen LogP contribution in [-0.4, -0.2) is 22.2 Å². The Morgan fingerprint density at radius 1 is 1.37 bits per heavy atom. The summed E-state index contributed by atoms with van der Waals surface area (Å²) in [6.07, 6.45) is -2.84. The van der Waals surface area contributed by atoms with Crippen LogP contribution in [0.5, 0.6) is 0 Å². The monoisotopic (exact) mass is 273 g/mol. The Labute approximate surface area is 105 Å². The van der Waals surface area contributed by atoms with E-state index in [4.69, 9.17) is 0 Å². The minimum Gasteiger partial charge on any atom is -0.292 e. The molecule has 0 unspecified atom stereocenters. The molecule has 0 saturated heterocycles. The maximum Gasteiger partial charge on any atom is 0.413 e. The molecule has 0 aliphatic rings. The number of pyridine rings is 1. The summed E-state index contributed by atoms with van der Waals surface area (Å²) in [7, 11) is 0. The first-order valence-corrected chi connectivity index (χ1v) is 5.34. The summed E-state index contributed by atoms with van der Waals surface area (Å²) >= 11 is 0. The lowest BCUT2D eigenvalue weighted by Crippen LogP contribution is -2.25. The fraction of sp³-hybridized carbons (Fsp3) is 0.273. The van der Waals surface area contributed by atoms with Gasteiger partial charge in [-0.05, 0) is 12.1 Å². The van der Waals surface area contributed by atoms with Gasteiger partial charge >= 0.3 is 6.18 Å². The van der Waals surface area contributed by atoms with Crippen LogP contribution in [-0.2, 0) is 11.4 Å². The summed E-state index contributed by atoms with van der Waals surface area (Å²) in [5.41, 5.74) is 2.54. The van der Waals surface area contributed by atoms with E-state index in [0.29, 0.717) is 11.3 Å². The molecule has 0 aliphatic heterocycles. The van der Waals surface area contributed by atoms with E-state index < -0.39 is 12.8 Å². The van der Waals surface area contributed by atoms with Gasteiger partial charge in [0, 0.05) is 12.3 Å². The van der Waals surface area contributed by atoms with Gasteiger partial charge in [-0.2, -0.15) is 18.7 Å². The average Bonchev–Trinajstić information content (AvgIpc) is 2.34. The van der Waals surface area contributed by atoms with Gasteiger partial charge in [0.25, 0.3) is 5.56 Å². The van der Waals surface area contributed by atoms with Gasteiger partial charge in [-0.3, -0.25) is 14.0 Å². The molecule has 0 aliphatic carbocycles. The van der Waals surface area contributed by atoms with Crippen LogP contribution in [0.1, 0.15) is 5.69 Å². The number of halogens is 3. The molecule has 0 spiro atoms. The number of hydroxylamine groups is 1. The second-order valence-corrected chi connectivity index (χ2v) is 3.74. The summed E-state index contributed by atoms with van der Waals surface area (Å²) in [5.74, 6) is 0. The molecule has 2 heterocycles. The molecule has 5 nitrogen and oxygen atoms in total. The number of rotatable bonds is 4. The van der Waals surface area contributed by atoms with Gasteiger partial charge in [-0.15, -0.1) is 0 Å². The highest BCUT2D eigenvalue weighted by atomic mass is 19.4. The van der Waals surface area contributed by atoms with Crippen molar-refractivity contribution in [1.82, 2.24) is 14.9 Å². The normalized spacial score (nSPS) is 11.9. The molecule has 2 rings (SSSR count). The Morgan fingerprint density at radius 3 is 2.89 bits per heavy atom. The van der Waals surface area contributed by atoms with Crippen LogP contribution in [0, 0.1) is 0 Å². The predicted molar refractivity (Wildman–Crippen MR) is 60.3 cm³/mol. The maximum atomic E-state index is 11.8. The molecule has 0 saturated carbocycles. The van der Waals surface area contributed by atoms with Crippen LogP contribution in [0.2, 0.25) is 0 Å². The first-order valence-electron chi connectivity index (χ1n) is 5.34. The van der Waals surface area contributed by atoms with Gasteiger partial charge in [-0.1, -0.05) is 6.07 Å². The lowest BCUT2D eigenvalue weighted by atomic mass is 10.4. The molecular formula is C11H10F3N3O2. The van der Waals surface area contributed by atoms with Gasteiger partial charge in [0.05, 0.1) is 12.2 Å². The highest BCUT2D eigenvalue weighted by Gasteiger charge is 2.27. The summed E-state index contributed by atoms with van der Waals surface area (Å²) in [4.78, 5) is 20.0.